The molecule has 7 atom stereocenters. The van der Waals surface area contributed by atoms with Gasteiger partial charge in [-0.05, 0) is 49.4 Å². The molecule has 3 aliphatic carbocycles. The van der Waals surface area contributed by atoms with E-state index in [1.54, 1.807) is 0 Å². The van der Waals surface area contributed by atoms with Crippen LogP contribution in [0.25, 0.3) is 0 Å². The number of alkyl halides is 2. The van der Waals surface area contributed by atoms with Gasteiger partial charge >= 0.3 is 0 Å². The smallest absolute Gasteiger partial charge is 0.0744 e. The Morgan fingerprint density at radius 2 is 1.75 bits per heavy atom. The van der Waals surface area contributed by atoms with Crippen LogP contribution in [0.2, 0.25) is 0 Å². The van der Waals surface area contributed by atoms with Crippen molar-refractivity contribution < 1.29 is 4.74 Å². The molecule has 116 valence electrons. The third kappa shape index (κ3) is 2.88. The van der Waals surface area contributed by atoms with Crippen molar-refractivity contribution in [3.8, 4) is 0 Å². The predicted molar refractivity (Wildman–Crippen MR) is 85.6 cm³/mol. The number of rotatable bonds is 7. The summed E-state index contributed by atoms with van der Waals surface area (Å²) >= 11 is 13.2. The van der Waals surface area contributed by atoms with E-state index >= 15 is 0 Å². The summed E-state index contributed by atoms with van der Waals surface area (Å²) in [5.41, 5.74) is 0. The van der Waals surface area contributed by atoms with Gasteiger partial charge in [-0.2, -0.15) is 0 Å². The predicted octanol–water partition coefficient (Wildman–Crippen LogP) is 5.23. The van der Waals surface area contributed by atoms with Crippen LogP contribution < -0.4 is 0 Å². The first kappa shape index (κ1) is 15.4. The Bertz CT molecular complexity index is 322. The van der Waals surface area contributed by atoms with Crippen molar-refractivity contribution >= 4 is 23.2 Å². The van der Waals surface area contributed by atoms with E-state index in [-0.39, 0.29) is 5.38 Å². The first-order valence-corrected chi connectivity index (χ1v) is 9.49. The monoisotopic (exact) mass is 318 g/mol. The van der Waals surface area contributed by atoms with E-state index in [1.807, 2.05) is 0 Å². The molecule has 0 N–H and O–H groups in total. The molecule has 0 radical (unpaired) electrons. The Balaban J connectivity index is 1.42. The summed E-state index contributed by atoms with van der Waals surface area (Å²) in [5, 5.41) is 0.660. The zero-order valence-electron chi connectivity index (χ0n) is 12.6. The highest BCUT2D eigenvalue weighted by Gasteiger charge is 2.59. The Hall–Kier alpha value is 0.540. The molecule has 2 bridgehead atoms. The summed E-state index contributed by atoms with van der Waals surface area (Å²) in [6.07, 6.45) is 10.5. The maximum absolute atomic E-state index is 6.72. The van der Waals surface area contributed by atoms with Gasteiger partial charge in [0.1, 0.15) is 0 Å². The first-order valence-electron chi connectivity index (χ1n) is 8.62. The van der Waals surface area contributed by atoms with Gasteiger partial charge in [-0.15, -0.1) is 23.2 Å². The average Bonchev–Trinajstić information content (AvgIpc) is 3.06. The molecule has 3 aliphatic rings. The summed E-state index contributed by atoms with van der Waals surface area (Å²) < 4.78 is 6.12. The Kier molecular flexibility index (Phi) is 5.21. The standard InChI is InChI=1S/C17H28Cl2O/c1-2-3-4-5-6-7-20-15-10-13-12-8-11(9-14(12)18)16(13)17(15)19/h11-17H,2-10H2,1H3. The molecule has 3 rings (SSSR count). The van der Waals surface area contributed by atoms with Crippen LogP contribution in [0, 0.1) is 23.7 Å². The maximum atomic E-state index is 6.72. The zero-order chi connectivity index (χ0) is 14.1. The molecule has 0 heterocycles. The highest BCUT2D eigenvalue weighted by Crippen LogP contribution is 2.61. The number of unbranched alkanes of at least 4 members (excludes halogenated alkanes) is 4. The molecule has 3 saturated carbocycles. The molecule has 0 aromatic carbocycles. The van der Waals surface area contributed by atoms with Gasteiger partial charge in [-0.25, -0.2) is 0 Å². The molecule has 3 fully saturated rings. The first-order chi connectivity index (χ1) is 9.72. The Morgan fingerprint density at radius 3 is 2.55 bits per heavy atom. The molecule has 0 spiro atoms. The normalized spacial score (nSPS) is 46.0. The van der Waals surface area contributed by atoms with Crippen LogP contribution in [0.5, 0.6) is 0 Å². The summed E-state index contributed by atoms with van der Waals surface area (Å²) in [7, 11) is 0. The second-order valence-corrected chi connectivity index (χ2v) is 8.22. The minimum absolute atomic E-state index is 0.245. The van der Waals surface area contributed by atoms with Crippen LogP contribution in [-0.4, -0.2) is 23.5 Å². The van der Waals surface area contributed by atoms with E-state index in [9.17, 15) is 0 Å². The minimum Gasteiger partial charge on any atom is -0.377 e. The largest absolute Gasteiger partial charge is 0.377 e. The minimum atomic E-state index is 0.245. The van der Waals surface area contributed by atoms with E-state index in [4.69, 9.17) is 27.9 Å². The van der Waals surface area contributed by atoms with Gasteiger partial charge in [0.05, 0.1) is 11.5 Å². The third-order valence-corrected chi connectivity index (χ3v) is 7.04. The van der Waals surface area contributed by atoms with Gasteiger partial charge in [0.25, 0.3) is 0 Å². The Labute approximate surface area is 133 Å². The molecule has 0 aromatic heterocycles. The van der Waals surface area contributed by atoms with Crippen molar-refractivity contribution in [2.75, 3.05) is 6.61 Å². The summed E-state index contributed by atoms with van der Waals surface area (Å²) in [6, 6.07) is 0. The van der Waals surface area contributed by atoms with Crippen molar-refractivity contribution in [3.05, 3.63) is 0 Å². The zero-order valence-corrected chi connectivity index (χ0v) is 14.1. The quantitative estimate of drug-likeness (QED) is 0.461. The fourth-order valence-electron chi connectivity index (χ4n) is 5.02. The number of halogens is 2. The second kappa shape index (κ2) is 6.75. The molecular weight excluding hydrogens is 291 g/mol. The van der Waals surface area contributed by atoms with Crippen LogP contribution in [0.1, 0.15) is 58.3 Å². The number of hydrogen-bond donors (Lipinski definition) is 0. The van der Waals surface area contributed by atoms with Crippen molar-refractivity contribution in [2.24, 2.45) is 23.7 Å². The highest BCUT2D eigenvalue weighted by molar-refractivity contribution is 6.22. The van der Waals surface area contributed by atoms with Crippen LogP contribution in [-0.2, 0) is 4.74 Å². The second-order valence-electron chi connectivity index (χ2n) is 7.16. The highest BCUT2D eigenvalue weighted by atomic mass is 35.5. The Morgan fingerprint density at radius 1 is 0.950 bits per heavy atom. The van der Waals surface area contributed by atoms with E-state index in [0.29, 0.717) is 17.4 Å². The van der Waals surface area contributed by atoms with Crippen LogP contribution in [0.3, 0.4) is 0 Å². The average molecular weight is 319 g/mol. The van der Waals surface area contributed by atoms with E-state index in [0.717, 1.165) is 30.8 Å². The van der Waals surface area contributed by atoms with E-state index in [1.165, 1.54) is 44.9 Å². The molecule has 0 amide bonds. The lowest BCUT2D eigenvalue weighted by Crippen LogP contribution is -2.29. The molecule has 20 heavy (non-hydrogen) atoms. The van der Waals surface area contributed by atoms with Crippen molar-refractivity contribution in [3.63, 3.8) is 0 Å². The van der Waals surface area contributed by atoms with Gasteiger partial charge in [0.2, 0.25) is 0 Å². The molecular formula is C17H28Cl2O. The van der Waals surface area contributed by atoms with Gasteiger partial charge < -0.3 is 4.74 Å². The van der Waals surface area contributed by atoms with E-state index < -0.39 is 0 Å². The summed E-state index contributed by atoms with van der Waals surface area (Å²) in [5.74, 6) is 2.96. The van der Waals surface area contributed by atoms with Gasteiger partial charge in [0.15, 0.2) is 0 Å². The molecule has 1 nitrogen and oxygen atoms in total. The summed E-state index contributed by atoms with van der Waals surface area (Å²) in [6.45, 7) is 3.15. The SMILES string of the molecule is CCCCCCCOC1CC2C3CC(CC3Cl)C2C1Cl. The third-order valence-electron chi connectivity index (χ3n) is 5.96. The molecule has 7 unspecified atom stereocenters. The molecule has 3 heteroatoms. The fraction of sp³-hybridized carbons (Fsp3) is 1.00. The lowest BCUT2D eigenvalue weighted by atomic mass is 9.81. The topological polar surface area (TPSA) is 9.23 Å². The number of hydrogen-bond acceptors (Lipinski definition) is 1. The molecule has 0 aliphatic heterocycles. The summed E-state index contributed by atoms with van der Waals surface area (Å²) in [4.78, 5) is 0. The van der Waals surface area contributed by atoms with Crippen LogP contribution in [0.15, 0.2) is 0 Å². The lowest BCUT2D eigenvalue weighted by Gasteiger charge is -2.29. The van der Waals surface area contributed by atoms with Crippen LogP contribution >= 0.6 is 23.2 Å². The maximum Gasteiger partial charge on any atom is 0.0744 e. The van der Waals surface area contributed by atoms with Crippen LogP contribution in [0.4, 0.5) is 0 Å². The van der Waals surface area contributed by atoms with Crippen molar-refractivity contribution in [1.29, 1.82) is 0 Å². The van der Waals surface area contributed by atoms with Gasteiger partial charge in [-0.1, -0.05) is 32.6 Å². The van der Waals surface area contributed by atoms with E-state index in [2.05, 4.69) is 6.92 Å². The number of ether oxygens (including phenoxy) is 1. The van der Waals surface area contributed by atoms with Gasteiger partial charge in [-0.3, -0.25) is 0 Å². The fourth-order valence-corrected chi connectivity index (χ4v) is 6.11. The van der Waals surface area contributed by atoms with Gasteiger partial charge in [0, 0.05) is 12.0 Å². The van der Waals surface area contributed by atoms with Crippen molar-refractivity contribution in [1.82, 2.24) is 0 Å². The molecule has 0 saturated heterocycles. The number of fused-ring (bicyclic) bond motifs is 5. The lowest BCUT2D eigenvalue weighted by molar-refractivity contribution is 0.0501. The van der Waals surface area contributed by atoms with Crippen molar-refractivity contribution in [2.45, 2.75) is 75.1 Å². The molecule has 0 aromatic rings.